The molecule has 0 spiro atoms. The number of rotatable bonds is 8. The highest BCUT2D eigenvalue weighted by atomic mass is 15.1. The molecule has 1 aliphatic carbocycles. The summed E-state index contributed by atoms with van der Waals surface area (Å²) in [6, 6.07) is 58.2. The zero-order valence-corrected chi connectivity index (χ0v) is 34.3. The van der Waals surface area contributed by atoms with Crippen molar-refractivity contribution in [1.82, 2.24) is 0 Å². The van der Waals surface area contributed by atoms with Crippen LogP contribution in [0.4, 0.5) is 17.1 Å². The first-order chi connectivity index (χ1) is 33.8. The predicted molar refractivity (Wildman–Crippen MR) is 263 cm³/mol. The summed E-state index contributed by atoms with van der Waals surface area (Å²) >= 11 is 0. The van der Waals surface area contributed by atoms with Gasteiger partial charge in [-0.3, -0.25) is 0 Å². The minimum atomic E-state index is -0.395. The Balaban J connectivity index is 1.08. The third-order valence-electron chi connectivity index (χ3n) is 12.2. The van der Waals surface area contributed by atoms with Gasteiger partial charge >= 0.3 is 0 Å². The van der Waals surface area contributed by atoms with Crippen molar-refractivity contribution < 1.29 is 11.0 Å². The van der Waals surface area contributed by atoms with Crippen LogP contribution in [0.25, 0.3) is 77.5 Å². The van der Waals surface area contributed by atoms with Crippen LogP contribution in [0.2, 0.25) is 0 Å². The van der Waals surface area contributed by atoms with E-state index in [1.165, 1.54) is 21.6 Å². The number of nitrogens with zero attached hydrogens (tertiary/aromatic N) is 1. The summed E-state index contributed by atoms with van der Waals surface area (Å²) in [4.78, 5) is 1.37. The summed E-state index contributed by atoms with van der Waals surface area (Å²) in [6.07, 6.45) is 0. The molecule has 0 saturated heterocycles. The van der Waals surface area contributed by atoms with Crippen molar-refractivity contribution in [1.29, 1.82) is 0 Å². The van der Waals surface area contributed by atoms with E-state index in [0.717, 1.165) is 49.7 Å². The molecule has 10 aromatic rings. The van der Waals surface area contributed by atoms with Gasteiger partial charge in [-0.05, 0) is 131 Å². The van der Waals surface area contributed by atoms with Crippen LogP contribution in [0.1, 0.15) is 35.9 Å². The van der Waals surface area contributed by atoms with E-state index in [2.05, 4.69) is 62.4 Å². The molecule has 0 saturated carbocycles. The summed E-state index contributed by atoms with van der Waals surface area (Å²) in [5.74, 6) is 0. The molecule has 0 aromatic heterocycles. The molecule has 0 atom stereocenters. The molecule has 0 amide bonds. The third kappa shape index (κ3) is 6.60. The Bertz CT molecular complexity index is 3650. The van der Waals surface area contributed by atoms with E-state index in [4.69, 9.17) is 0 Å². The van der Waals surface area contributed by atoms with E-state index in [1.54, 1.807) is 30.3 Å². The lowest BCUT2D eigenvalue weighted by Crippen LogP contribution is -2.16. The van der Waals surface area contributed by atoms with Crippen LogP contribution in [-0.2, 0) is 5.41 Å². The highest BCUT2D eigenvalue weighted by Gasteiger charge is 2.37. The molecule has 0 radical (unpaired) electrons. The first-order valence-corrected chi connectivity index (χ1v) is 20.9. The van der Waals surface area contributed by atoms with Gasteiger partial charge in [-0.2, -0.15) is 0 Å². The van der Waals surface area contributed by atoms with Crippen molar-refractivity contribution >= 4 is 27.8 Å². The van der Waals surface area contributed by atoms with Gasteiger partial charge in [0.25, 0.3) is 0 Å². The summed E-state index contributed by atoms with van der Waals surface area (Å²) in [6.45, 7) is 4.46. The Morgan fingerprint density at radius 3 is 1.56 bits per heavy atom. The maximum absolute atomic E-state index is 9.71. The molecule has 11 rings (SSSR count). The average molecular weight is 800 g/mol. The van der Waals surface area contributed by atoms with E-state index in [-0.39, 0.29) is 52.1 Å². The Morgan fingerprint density at radius 2 is 0.823 bits per heavy atom. The van der Waals surface area contributed by atoms with Gasteiger partial charge in [-0.1, -0.05) is 208 Å². The fraction of sp³-hybridized carbons (Fsp3) is 0.0492. The highest BCUT2D eigenvalue weighted by molar-refractivity contribution is 5.97. The fourth-order valence-corrected chi connectivity index (χ4v) is 9.15. The molecule has 10 aromatic carbocycles. The quantitative estimate of drug-likeness (QED) is 0.148. The Labute approximate surface area is 376 Å². The maximum atomic E-state index is 9.71. The second kappa shape index (κ2) is 15.4. The molecule has 1 aliphatic rings. The van der Waals surface area contributed by atoms with E-state index < -0.39 is 24.2 Å². The van der Waals surface area contributed by atoms with Crippen LogP contribution in [-0.4, -0.2) is 0 Å². The van der Waals surface area contributed by atoms with Gasteiger partial charge in [0.1, 0.15) is 0 Å². The standard InChI is InChI=1S/C61H45N/c1-61(2)59-24-9-8-20-57(59)58-23-12-22-56(60(58)61)48-33-39-53(40-34-48)62(51-35-29-45(30-36-51)44-27-25-43(26-28-44)42-13-4-3-5-14-42)52-37-31-46(32-38-52)49-17-10-18-50(41-49)55-21-11-16-47-15-6-7-19-54(47)55/h3-41H,1-2H3/i29D,30D,31D,32D,35D,36D,37D,38D. The molecule has 1 nitrogen and oxygen atoms in total. The molecule has 0 bridgehead atoms. The molecule has 0 fully saturated rings. The number of anilines is 3. The molecule has 0 aliphatic heterocycles. The summed E-state index contributed by atoms with van der Waals surface area (Å²) in [7, 11) is 0. The second-order valence-corrected chi connectivity index (χ2v) is 16.3. The van der Waals surface area contributed by atoms with E-state index in [0.29, 0.717) is 16.8 Å². The van der Waals surface area contributed by atoms with Crippen LogP contribution < -0.4 is 4.90 Å². The molecule has 0 unspecified atom stereocenters. The van der Waals surface area contributed by atoms with Crippen molar-refractivity contribution in [3.05, 3.63) is 248 Å². The van der Waals surface area contributed by atoms with Gasteiger partial charge in [0.2, 0.25) is 0 Å². The lowest BCUT2D eigenvalue weighted by Gasteiger charge is -2.27. The normalized spacial score (nSPS) is 14.3. The third-order valence-corrected chi connectivity index (χ3v) is 12.2. The van der Waals surface area contributed by atoms with Crippen molar-refractivity contribution in [3.63, 3.8) is 0 Å². The minimum absolute atomic E-state index is 0.103. The van der Waals surface area contributed by atoms with Crippen LogP contribution in [0, 0.1) is 0 Å². The van der Waals surface area contributed by atoms with Gasteiger partial charge in [-0.25, -0.2) is 0 Å². The number of fused-ring (bicyclic) bond motifs is 4. The number of hydrogen-bond acceptors (Lipinski definition) is 1. The largest absolute Gasteiger partial charge is 0.311 e. The molecular formula is C61H45N. The van der Waals surface area contributed by atoms with E-state index >= 15 is 0 Å². The topological polar surface area (TPSA) is 3.24 Å². The second-order valence-electron chi connectivity index (χ2n) is 16.3. The predicted octanol–water partition coefficient (Wildman–Crippen LogP) is 17.0. The smallest absolute Gasteiger partial charge is 0.0645 e. The monoisotopic (exact) mass is 799 g/mol. The zero-order valence-electron chi connectivity index (χ0n) is 42.3. The lowest BCUT2D eigenvalue weighted by molar-refractivity contribution is 0.662. The maximum Gasteiger partial charge on any atom is 0.0645 e. The van der Waals surface area contributed by atoms with Crippen LogP contribution in [0.15, 0.2) is 236 Å². The Morgan fingerprint density at radius 1 is 0.339 bits per heavy atom. The fourth-order valence-electron chi connectivity index (χ4n) is 9.15. The lowest BCUT2D eigenvalue weighted by atomic mass is 9.79. The molecular weight excluding hydrogens is 747 g/mol. The Kier molecular flexibility index (Phi) is 7.31. The summed E-state index contributed by atoms with van der Waals surface area (Å²) in [5, 5.41) is 2.11. The minimum Gasteiger partial charge on any atom is -0.311 e. The summed E-state index contributed by atoms with van der Waals surface area (Å²) in [5.41, 5.74) is 11.3. The van der Waals surface area contributed by atoms with Crippen LogP contribution in [0.3, 0.4) is 0 Å². The van der Waals surface area contributed by atoms with E-state index in [1.807, 2.05) is 109 Å². The molecule has 1 heteroatoms. The molecule has 0 heterocycles. The van der Waals surface area contributed by atoms with Crippen LogP contribution >= 0.6 is 0 Å². The van der Waals surface area contributed by atoms with Gasteiger partial charge in [0.15, 0.2) is 0 Å². The number of hydrogen-bond donors (Lipinski definition) is 0. The van der Waals surface area contributed by atoms with E-state index in [9.17, 15) is 11.0 Å². The van der Waals surface area contributed by atoms with Crippen LogP contribution in [0.5, 0.6) is 0 Å². The first kappa shape index (κ1) is 29.5. The number of benzene rings is 10. The SMILES string of the molecule is [2H]c1c([2H])c(N(c2ccc(-c3cccc4c3C(C)(C)c3ccccc3-4)cc2)c2c([2H])c([2H])c(-c3cccc(-c4cccc5ccccc45)c3)c([2H])c2[2H])c([2H])c([2H])c1-c1ccc(-c2ccccc2)cc1. The first-order valence-electron chi connectivity index (χ1n) is 24.9. The van der Waals surface area contributed by atoms with Gasteiger partial charge < -0.3 is 4.90 Å². The van der Waals surface area contributed by atoms with Crippen molar-refractivity contribution in [2.45, 2.75) is 19.3 Å². The van der Waals surface area contributed by atoms with Gasteiger partial charge in [-0.15, -0.1) is 0 Å². The zero-order chi connectivity index (χ0) is 48.6. The molecule has 62 heavy (non-hydrogen) atoms. The van der Waals surface area contributed by atoms with Gasteiger partial charge in [0, 0.05) is 22.5 Å². The molecule has 0 N–H and O–H groups in total. The van der Waals surface area contributed by atoms with Crippen molar-refractivity contribution in [2.75, 3.05) is 4.90 Å². The van der Waals surface area contributed by atoms with Crippen molar-refractivity contribution in [2.24, 2.45) is 0 Å². The van der Waals surface area contributed by atoms with Gasteiger partial charge in [0.05, 0.1) is 11.0 Å². The Hall–Kier alpha value is -7.74. The molecule has 294 valence electrons. The summed E-state index contributed by atoms with van der Waals surface area (Å²) < 4.78 is 76.8. The van der Waals surface area contributed by atoms with Crippen molar-refractivity contribution in [3.8, 4) is 66.8 Å². The highest BCUT2D eigenvalue weighted by Crippen LogP contribution is 2.52. The average Bonchev–Trinajstić information content (AvgIpc) is 3.63.